The molecular formula is C12H16N2O2. The summed E-state index contributed by atoms with van der Waals surface area (Å²) < 4.78 is 0. The fourth-order valence-corrected chi connectivity index (χ4v) is 2.36. The van der Waals surface area contributed by atoms with Crippen molar-refractivity contribution in [2.45, 2.75) is 32.2 Å². The van der Waals surface area contributed by atoms with E-state index in [1.807, 2.05) is 11.8 Å². The second-order valence-electron chi connectivity index (χ2n) is 4.29. The van der Waals surface area contributed by atoms with E-state index in [1.54, 1.807) is 12.3 Å². The van der Waals surface area contributed by atoms with Gasteiger partial charge in [0, 0.05) is 18.8 Å². The average molecular weight is 220 g/mol. The minimum absolute atomic E-state index is 0.0882. The molecule has 0 saturated carbocycles. The number of likely N-dealkylation sites (tertiary alicyclic amines) is 1. The fourth-order valence-electron chi connectivity index (χ4n) is 2.36. The number of aromatic amines is 1. The third-order valence-corrected chi connectivity index (χ3v) is 3.21. The van der Waals surface area contributed by atoms with Crippen molar-refractivity contribution < 1.29 is 4.79 Å². The molecule has 2 rings (SSSR count). The van der Waals surface area contributed by atoms with Gasteiger partial charge in [-0.15, -0.1) is 0 Å². The van der Waals surface area contributed by atoms with Crippen LogP contribution in [-0.2, 0) is 4.79 Å². The van der Waals surface area contributed by atoms with Gasteiger partial charge in [0.25, 0.3) is 0 Å². The summed E-state index contributed by atoms with van der Waals surface area (Å²) in [6.45, 7) is 2.73. The predicted octanol–water partition coefficient (Wildman–Crippen LogP) is 1.37. The zero-order valence-corrected chi connectivity index (χ0v) is 9.40. The van der Waals surface area contributed by atoms with Gasteiger partial charge in [0.1, 0.15) is 0 Å². The first-order chi connectivity index (χ1) is 7.72. The van der Waals surface area contributed by atoms with Gasteiger partial charge in [0.05, 0.1) is 6.04 Å². The van der Waals surface area contributed by atoms with Crippen LogP contribution in [0.4, 0.5) is 0 Å². The lowest BCUT2D eigenvalue weighted by molar-refractivity contribution is -0.121. The van der Waals surface area contributed by atoms with Gasteiger partial charge >= 0.3 is 0 Å². The third kappa shape index (κ3) is 2.01. The van der Waals surface area contributed by atoms with E-state index in [2.05, 4.69) is 4.98 Å². The number of amides is 1. The summed E-state index contributed by atoms with van der Waals surface area (Å²) in [7, 11) is 0. The highest BCUT2D eigenvalue weighted by atomic mass is 16.1. The number of aromatic nitrogens is 1. The van der Waals surface area contributed by atoms with Crippen LogP contribution in [0.15, 0.2) is 17.1 Å². The molecule has 16 heavy (non-hydrogen) atoms. The van der Waals surface area contributed by atoms with Crippen LogP contribution in [0, 0.1) is 6.92 Å². The lowest BCUT2D eigenvalue weighted by Crippen LogP contribution is -2.33. The van der Waals surface area contributed by atoms with Gasteiger partial charge < -0.3 is 9.88 Å². The molecule has 1 N–H and O–H groups in total. The molecule has 86 valence electrons. The molecule has 0 aliphatic carbocycles. The lowest BCUT2D eigenvalue weighted by Gasteiger charge is -2.33. The van der Waals surface area contributed by atoms with Gasteiger partial charge in [-0.3, -0.25) is 9.59 Å². The molecule has 1 aromatic heterocycles. The van der Waals surface area contributed by atoms with Crippen LogP contribution in [0.25, 0.3) is 0 Å². The Hall–Kier alpha value is -1.58. The monoisotopic (exact) mass is 220 g/mol. The van der Waals surface area contributed by atoms with Crippen LogP contribution < -0.4 is 5.56 Å². The summed E-state index contributed by atoms with van der Waals surface area (Å²) in [4.78, 5) is 26.6. The number of nitrogens with one attached hydrogen (secondary N) is 1. The number of aryl methyl sites for hydroxylation is 1. The highest BCUT2D eigenvalue weighted by Crippen LogP contribution is 2.30. The highest BCUT2D eigenvalue weighted by Gasteiger charge is 2.23. The number of carbonyl (C=O) groups excluding carboxylic acids is 1. The zero-order chi connectivity index (χ0) is 11.5. The molecule has 1 aliphatic rings. The Morgan fingerprint density at radius 3 is 3.00 bits per heavy atom. The predicted molar refractivity (Wildman–Crippen MR) is 61.2 cm³/mol. The van der Waals surface area contributed by atoms with Gasteiger partial charge in [-0.1, -0.05) is 0 Å². The van der Waals surface area contributed by atoms with Gasteiger partial charge in [0.2, 0.25) is 12.0 Å². The first-order valence-corrected chi connectivity index (χ1v) is 5.62. The third-order valence-electron chi connectivity index (χ3n) is 3.21. The van der Waals surface area contributed by atoms with Crippen molar-refractivity contribution in [2.24, 2.45) is 0 Å². The molecule has 4 heteroatoms. The van der Waals surface area contributed by atoms with Gasteiger partial charge in [-0.05, 0) is 37.3 Å². The maximum atomic E-state index is 11.1. The molecule has 1 aliphatic heterocycles. The van der Waals surface area contributed by atoms with Crippen molar-refractivity contribution in [3.05, 3.63) is 33.7 Å². The maximum absolute atomic E-state index is 11.1. The van der Waals surface area contributed by atoms with Crippen LogP contribution in [-0.4, -0.2) is 22.8 Å². The van der Waals surface area contributed by atoms with Crippen molar-refractivity contribution in [3.8, 4) is 0 Å². The normalized spacial score (nSPS) is 20.8. The summed E-state index contributed by atoms with van der Waals surface area (Å²) in [6, 6.07) is 1.72. The lowest BCUT2D eigenvalue weighted by atomic mass is 9.94. The van der Waals surface area contributed by atoms with E-state index in [4.69, 9.17) is 0 Å². The van der Waals surface area contributed by atoms with Crippen LogP contribution >= 0.6 is 0 Å². The van der Waals surface area contributed by atoms with Crippen molar-refractivity contribution >= 4 is 6.41 Å². The second kappa shape index (κ2) is 4.51. The Bertz CT molecular complexity index is 439. The number of pyridine rings is 1. The molecule has 1 fully saturated rings. The number of piperidine rings is 1. The van der Waals surface area contributed by atoms with Crippen LogP contribution in [0.2, 0.25) is 0 Å². The Balaban J connectivity index is 2.34. The smallest absolute Gasteiger partial charge is 0.248 e. The Labute approximate surface area is 94.3 Å². The number of hydrogen-bond acceptors (Lipinski definition) is 2. The largest absolute Gasteiger partial charge is 0.338 e. The fraction of sp³-hybridized carbons (Fsp3) is 0.500. The topological polar surface area (TPSA) is 53.2 Å². The van der Waals surface area contributed by atoms with Gasteiger partial charge in [-0.2, -0.15) is 0 Å². The molecule has 1 amide bonds. The number of nitrogens with zero attached hydrogens (tertiary/aromatic N) is 1. The van der Waals surface area contributed by atoms with E-state index in [-0.39, 0.29) is 11.6 Å². The average Bonchev–Trinajstić information content (AvgIpc) is 2.29. The summed E-state index contributed by atoms with van der Waals surface area (Å²) in [6.07, 6.45) is 5.83. The van der Waals surface area contributed by atoms with E-state index in [0.29, 0.717) is 0 Å². The molecule has 0 radical (unpaired) electrons. The maximum Gasteiger partial charge on any atom is 0.248 e. The SMILES string of the molecule is Cc1cc(=O)[nH]cc1[C@H]1CCCCN1C=O. The van der Waals surface area contributed by atoms with Crippen molar-refractivity contribution in [3.63, 3.8) is 0 Å². The summed E-state index contributed by atoms with van der Waals surface area (Å²) in [5, 5.41) is 0. The van der Waals surface area contributed by atoms with E-state index >= 15 is 0 Å². The molecule has 1 aromatic rings. The number of carbonyl (C=O) groups is 1. The van der Waals surface area contributed by atoms with Gasteiger partial charge in [0.15, 0.2) is 0 Å². The number of H-pyrrole nitrogens is 1. The minimum atomic E-state index is -0.0882. The minimum Gasteiger partial charge on any atom is -0.338 e. The van der Waals surface area contributed by atoms with Crippen molar-refractivity contribution in [1.29, 1.82) is 0 Å². The second-order valence-corrected chi connectivity index (χ2v) is 4.29. The Morgan fingerprint density at radius 1 is 1.50 bits per heavy atom. The summed E-state index contributed by atoms with van der Waals surface area (Å²) in [5.74, 6) is 0. The van der Waals surface area contributed by atoms with Crippen LogP contribution in [0.1, 0.15) is 36.4 Å². The first-order valence-electron chi connectivity index (χ1n) is 5.62. The molecule has 0 aromatic carbocycles. The first kappa shape index (κ1) is 10.9. The van der Waals surface area contributed by atoms with E-state index in [1.165, 1.54) is 0 Å². The van der Waals surface area contributed by atoms with E-state index in [9.17, 15) is 9.59 Å². The quantitative estimate of drug-likeness (QED) is 0.765. The molecule has 2 heterocycles. The van der Waals surface area contributed by atoms with Gasteiger partial charge in [-0.25, -0.2) is 0 Å². The molecule has 0 spiro atoms. The Kier molecular flexibility index (Phi) is 3.08. The molecule has 1 atom stereocenters. The molecule has 1 saturated heterocycles. The molecule has 4 nitrogen and oxygen atoms in total. The standard InChI is InChI=1S/C12H16N2O2/c1-9-6-12(16)13-7-10(9)11-4-2-3-5-14(11)8-15/h6-8,11H,2-5H2,1H3,(H,13,16)/t11-/m1/s1. The zero-order valence-electron chi connectivity index (χ0n) is 9.40. The van der Waals surface area contributed by atoms with E-state index < -0.39 is 0 Å². The molecular weight excluding hydrogens is 204 g/mol. The van der Waals surface area contributed by atoms with Crippen molar-refractivity contribution in [2.75, 3.05) is 6.54 Å². The van der Waals surface area contributed by atoms with Crippen molar-refractivity contribution in [1.82, 2.24) is 9.88 Å². The summed E-state index contributed by atoms with van der Waals surface area (Å²) >= 11 is 0. The molecule has 0 unspecified atom stereocenters. The Morgan fingerprint density at radius 2 is 2.31 bits per heavy atom. The highest BCUT2D eigenvalue weighted by molar-refractivity contribution is 5.49. The number of hydrogen-bond donors (Lipinski definition) is 1. The number of rotatable bonds is 2. The molecule has 0 bridgehead atoms. The van der Waals surface area contributed by atoms with Crippen LogP contribution in [0.3, 0.4) is 0 Å². The van der Waals surface area contributed by atoms with E-state index in [0.717, 1.165) is 43.3 Å². The van der Waals surface area contributed by atoms with Crippen LogP contribution in [0.5, 0.6) is 0 Å². The summed E-state index contributed by atoms with van der Waals surface area (Å²) in [5.41, 5.74) is 1.93.